The van der Waals surface area contributed by atoms with E-state index in [1.807, 2.05) is 24.3 Å². The fraction of sp³-hybridized carbons (Fsp3) is 0.600. The second-order valence-electron chi connectivity index (χ2n) is 5.58. The van der Waals surface area contributed by atoms with E-state index < -0.39 is 10.0 Å². The molecule has 1 heterocycles. The van der Waals surface area contributed by atoms with E-state index in [-0.39, 0.29) is 5.75 Å². The Morgan fingerprint density at radius 3 is 2.50 bits per heavy atom. The molecule has 20 heavy (non-hydrogen) atoms. The molecule has 0 aromatic heterocycles. The highest BCUT2D eigenvalue weighted by molar-refractivity contribution is 7.88. The molecule has 1 fully saturated rings. The highest BCUT2D eigenvalue weighted by Crippen LogP contribution is 2.25. The van der Waals surface area contributed by atoms with Crippen LogP contribution < -0.4 is 5.73 Å². The Morgan fingerprint density at radius 1 is 1.25 bits per heavy atom. The molecule has 0 aliphatic carbocycles. The zero-order chi connectivity index (χ0) is 14.6. The van der Waals surface area contributed by atoms with Gasteiger partial charge in [0, 0.05) is 19.6 Å². The minimum atomic E-state index is -3.18. The molecule has 1 aromatic carbocycles. The van der Waals surface area contributed by atoms with E-state index in [1.165, 1.54) is 0 Å². The van der Waals surface area contributed by atoms with Gasteiger partial charge in [-0.25, -0.2) is 12.7 Å². The minimum absolute atomic E-state index is 0.0939. The van der Waals surface area contributed by atoms with Crippen molar-refractivity contribution in [2.75, 3.05) is 13.1 Å². The standard InChI is InChI=1S/C15H24N2O2S/c1-2-3-14-8-9-17(11-14)20(18,19)12-15-6-4-13(10-16)5-7-15/h4-7,14H,2-3,8-12,16H2,1H3. The van der Waals surface area contributed by atoms with Crippen LogP contribution in [0.1, 0.15) is 37.3 Å². The van der Waals surface area contributed by atoms with Crippen molar-refractivity contribution in [2.45, 2.75) is 38.5 Å². The summed E-state index contributed by atoms with van der Waals surface area (Å²) in [7, 11) is -3.18. The fourth-order valence-corrected chi connectivity index (χ4v) is 4.38. The van der Waals surface area contributed by atoms with Crippen LogP contribution in [0.25, 0.3) is 0 Å². The Morgan fingerprint density at radius 2 is 1.90 bits per heavy atom. The lowest BCUT2D eigenvalue weighted by Gasteiger charge is -2.16. The summed E-state index contributed by atoms with van der Waals surface area (Å²) < 4.78 is 26.5. The molecule has 0 spiro atoms. The van der Waals surface area contributed by atoms with Gasteiger partial charge in [0.05, 0.1) is 5.75 Å². The van der Waals surface area contributed by atoms with Gasteiger partial charge in [-0.3, -0.25) is 0 Å². The molecule has 112 valence electrons. The maximum absolute atomic E-state index is 12.4. The fourth-order valence-electron chi connectivity index (χ4n) is 2.77. The second kappa shape index (κ2) is 6.70. The SMILES string of the molecule is CCCC1CCN(S(=O)(=O)Cc2ccc(CN)cc2)C1. The smallest absolute Gasteiger partial charge is 0.218 e. The second-order valence-corrected chi connectivity index (χ2v) is 7.55. The van der Waals surface area contributed by atoms with Gasteiger partial charge in [0.1, 0.15) is 0 Å². The van der Waals surface area contributed by atoms with Crippen molar-refractivity contribution in [1.82, 2.24) is 4.31 Å². The number of sulfonamides is 1. The Hall–Kier alpha value is -0.910. The summed E-state index contributed by atoms with van der Waals surface area (Å²) in [6, 6.07) is 7.52. The molecule has 1 saturated heterocycles. The molecular weight excluding hydrogens is 272 g/mol. The molecule has 0 bridgehead atoms. The van der Waals surface area contributed by atoms with Gasteiger partial charge in [0.15, 0.2) is 0 Å². The van der Waals surface area contributed by atoms with Crippen LogP contribution in [0.2, 0.25) is 0 Å². The number of hydrogen-bond donors (Lipinski definition) is 1. The Labute approximate surface area is 122 Å². The molecule has 0 radical (unpaired) electrons. The topological polar surface area (TPSA) is 63.4 Å². The quantitative estimate of drug-likeness (QED) is 0.874. The maximum atomic E-state index is 12.4. The van der Waals surface area contributed by atoms with Crippen LogP contribution in [0.15, 0.2) is 24.3 Å². The lowest BCUT2D eigenvalue weighted by Crippen LogP contribution is -2.30. The Bertz CT molecular complexity index is 525. The Kier molecular flexibility index (Phi) is 5.18. The molecule has 4 nitrogen and oxygen atoms in total. The molecule has 0 amide bonds. The van der Waals surface area contributed by atoms with Crippen molar-refractivity contribution in [2.24, 2.45) is 11.7 Å². The van der Waals surface area contributed by atoms with E-state index >= 15 is 0 Å². The summed E-state index contributed by atoms with van der Waals surface area (Å²) in [6.07, 6.45) is 3.25. The molecule has 1 aliphatic heterocycles. The molecular formula is C15H24N2O2S. The van der Waals surface area contributed by atoms with Crippen LogP contribution in [0.5, 0.6) is 0 Å². The van der Waals surface area contributed by atoms with Gasteiger partial charge in [-0.05, 0) is 29.9 Å². The molecule has 2 N–H and O–H groups in total. The van der Waals surface area contributed by atoms with Crippen molar-refractivity contribution in [3.05, 3.63) is 35.4 Å². The summed E-state index contributed by atoms with van der Waals surface area (Å²) in [5.74, 6) is 0.630. The summed E-state index contributed by atoms with van der Waals surface area (Å²) in [6.45, 7) is 4.00. The molecule has 0 saturated carbocycles. The largest absolute Gasteiger partial charge is 0.326 e. The van der Waals surface area contributed by atoms with Crippen LogP contribution in [-0.2, 0) is 22.3 Å². The number of rotatable bonds is 6. The number of benzene rings is 1. The lowest BCUT2D eigenvalue weighted by molar-refractivity contribution is 0.444. The average molecular weight is 296 g/mol. The van der Waals surface area contributed by atoms with Crippen LogP contribution >= 0.6 is 0 Å². The number of nitrogens with two attached hydrogens (primary N) is 1. The van der Waals surface area contributed by atoms with E-state index in [2.05, 4.69) is 6.92 Å². The predicted octanol–water partition coefficient (Wildman–Crippen LogP) is 2.10. The van der Waals surface area contributed by atoms with Crippen LogP contribution in [0.3, 0.4) is 0 Å². The van der Waals surface area contributed by atoms with Crippen molar-refractivity contribution < 1.29 is 8.42 Å². The highest BCUT2D eigenvalue weighted by Gasteiger charge is 2.30. The predicted molar refractivity (Wildman–Crippen MR) is 81.5 cm³/mol. The first-order chi connectivity index (χ1) is 9.55. The average Bonchev–Trinajstić information content (AvgIpc) is 2.89. The monoisotopic (exact) mass is 296 g/mol. The third-order valence-corrected chi connectivity index (χ3v) is 5.76. The van der Waals surface area contributed by atoms with Gasteiger partial charge in [-0.2, -0.15) is 0 Å². The van der Waals surface area contributed by atoms with Gasteiger partial charge in [-0.15, -0.1) is 0 Å². The van der Waals surface area contributed by atoms with Gasteiger partial charge in [-0.1, -0.05) is 37.6 Å². The highest BCUT2D eigenvalue weighted by atomic mass is 32.2. The summed E-state index contributed by atoms with van der Waals surface area (Å²) in [5, 5.41) is 0. The van der Waals surface area contributed by atoms with Crippen molar-refractivity contribution in [3.63, 3.8) is 0 Å². The third-order valence-electron chi connectivity index (χ3n) is 3.95. The summed E-state index contributed by atoms with van der Waals surface area (Å²) in [5.41, 5.74) is 7.40. The van der Waals surface area contributed by atoms with E-state index in [9.17, 15) is 8.42 Å². The van der Waals surface area contributed by atoms with Gasteiger partial charge < -0.3 is 5.73 Å². The zero-order valence-electron chi connectivity index (χ0n) is 12.1. The van der Waals surface area contributed by atoms with Crippen LogP contribution in [-0.4, -0.2) is 25.8 Å². The Balaban J connectivity index is 2.00. The van der Waals surface area contributed by atoms with Gasteiger partial charge in [0.2, 0.25) is 10.0 Å². The number of hydrogen-bond acceptors (Lipinski definition) is 3. The van der Waals surface area contributed by atoms with Gasteiger partial charge >= 0.3 is 0 Å². The zero-order valence-corrected chi connectivity index (χ0v) is 12.9. The van der Waals surface area contributed by atoms with E-state index in [1.54, 1.807) is 4.31 Å². The van der Waals surface area contributed by atoms with E-state index in [0.29, 0.717) is 25.6 Å². The van der Waals surface area contributed by atoms with Crippen molar-refractivity contribution in [1.29, 1.82) is 0 Å². The number of nitrogens with zero attached hydrogens (tertiary/aromatic N) is 1. The molecule has 1 unspecified atom stereocenters. The molecule has 1 aliphatic rings. The first kappa shape index (κ1) is 15.5. The van der Waals surface area contributed by atoms with Crippen molar-refractivity contribution in [3.8, 4) is 0 Å². The minimum Gasteiger partial charge on any atom is -0.326 e. The summed E-state index contributed by atoms with van der Waals surface area (Å²) in [4.78, 5) is 0. The molecule has 2 rings (SSSR count). The summed E-state index contributed by atoms with van der Waals surface area (Å²) >= 11 is 0. The first-order valence-corrected chi connectivity index (χ1v) is 8.91. The normalized spacial score (nSPS) is 20.4. The van der Waals surface area contributed by atoms with Crippen LogP contribution in [0.4, 0.5) is 0 Å². The third kappa shape index (κ3) is 3.81. The molecule has 5 heteroatoms. The molecule has 1 aromatic rings. The maximum Gasteiger partial charge on any atom is 0.218 e. The van der Waals surface area contributed by atoms with Crippen LogP contribution in [0, 0.1) is 5.92 Å². The van der Waals surface area contributed by atoms with E-state index in [0.717, 1.165) is 30.4 Å². The van der Waals surface area contributed by atoms with Crippen molar-refractivity contribution >= 4 is 10.0 Å². The molecule has 1 atom stereocenters. The van der Waals surface area contributed by atoms with E-state index in [4.69, 9.17) is 5.73 Å². The van der Waals surface area contributed by atoms with Gasteiger partial charge in [0.25, 0.3) is 0 Å². The first-order valence-electron chi connectivity index (χ1n) is 7.31. The lowest BCUT2D eigenvalue weighted by atomic mass is 10.0.